The van der Waals surface area contributed by atoms with Gasteiger partial charge in [-0.25, -0.2) is 0 Å². The SMILES string of the molecule is COc1ccc(C(C)CC(=O)NC2CC(C(=O)O)C2)cc1. The second kappa shape index (κ2) is 6.61. The Morgan fingerprint density at radius 3 is 2.48 bits per heavy atom. The van der Waals surface area contributed by atoms with E-state index in [-0.39, 0.29) is 23.8 Å². The molecule has 114 valence electrons. The molecule has 5 heteroatoms. The van der Waals surface area contributed by atoms with E-state index in [0.29, 0.717) is 19.3 Å². The molecule has 1 aliphatic carbocycles. The third kappa shape index (κ3) is 3.97. The summed E-state index contributed by atoms with van der Waals surface area (Å²) in [5.74, 6) is -0.176. The summed E-state index contributed by atoms with van der Waals surface area (Å²) in [7, 11) is 1.62. The smallest absolute Gasteiger partial charge is 0.306 e. The highest BCUT2D eigenvalue weighted by Gasteiger charge is 2.35. The minimum atomic E-state index is -0.771. The molecule has 0 spiro atoms. The number of amides is 1. The Morgan fingerprint density at radius 1 is 1.33 bits per heavy atom. The Balaban J connectivity index is 1.78. The maximum atomic E-state index is 11.9. The third-order valence-corrected chi connectivity index (χ3v) is 4.03. The van der Waals surface area contributed by atoms with Gasteiger partial charge in [-0.05, 0) is 36.5 Å². The summed E-state index contributed by atoms with van der Waals surface area (Å²) in [5, 5.41) is 11.7. The van der Waals surface area contributed by atoms with E-state index in [9.17, 15) is 9.59 Å². The quantitative estimate of drug-likeness (QED) is 0.842. The molecule has 0 radical (unpaired) electrons. The number of rotatable bonds is 6. The zero-order valence-corrected chi connectivity index (χ0v) is 12.3. The lowest BCUT2D eigenvalue weighted by atomic mass is 9.80. The number of hydrogen-bond donors (Lipinski definition) is 2. The predicted molar refractivity (Wildman–Crippen MR) is 78.3 cm³/mol. The summed E-state index contributed by atoms with van der Waals surface area (Å²) in [6, 6.07) is 7.70. The average molecular weight is 291 g/mol. The Labute approximate surface area is 124 Å². The number of carboxylic acid groups (broad SMARTS) is 1. The maximum Gasteiger partial charge on any atom is 0.306 e. The van der Waals surface area contributed by atoms with Gasteiger partial charge >= 0.3 is 5.97 Å². The lowest BCUT2D eigenvalue weighted by Crippen LogP contribution is -2.46. The van der Waals surface area contributed by atoms with E-state index >= 15 is 0 Å². The lowest BCUT2D eigenvalue weighted by Gasteiger charge is -2.33. The second-order valence-electron chi connectivity index (χ2n) is 5.65. The van der Waals surface area contributed by atoms with Crippen LogP contribution in [-0.2, 0) is 9.59 Å². The predicted octanol–water partition coefficient (Wildman–Crippen LogP) is 2.17. The van der Waals surface area contributed by atoms with Gasteiger partial charge in [-0.3, -0.25) is 9.59 Å². The molecule has 0 saturated heterocycles. The van der Waals surface area contributed by atoms with Gasteiger partial charge in [0, 0.05) is 12.5 Å². The Bertz CT molecular complexity index is 506. The van der Waals surface area contributed by atoms with Gasteiger partial charge in [-0.15, -0.1) is 0 Å². The number of nitrogens with one attached hydrogen (secondary N) is 1. The first-order valence-corrected chi connectivity index (χ1v) is 7.15. The molecule has 1 aliphatic rings. The van der Waals surface area contributed by atoms with Crippen molar-refractivity contribution in [2.75, 3.05) is 7.11 Å². The molecular formula is C16H21NO4. The monoisotopic (exact) mass is 291 g/mol. The van der Waals surface area contributed by atoms with Crippen molar-refractivity contribution in [3.05, 3.63) is 29.8 Å². The van der Waals surface area contributed by atoms with Crippen molar-refractivity contribution < 1.29 is 19.4 Å². The van der Waals surface area contributed by atoms with Gasteiger partial charge in [0.05, 0.1) is 13.0 Å². The van der Waals surface area contributed by atoms with Crippen molar-refractivity contribution >= 4 is 11.9 Å². The summed E-state index contributed by atoms with van der Waals surface area (Å²) < 4.78 is 5.11. The van der Waals surface area contributed by atoms with Gasteiger partial charge in [-0.2, -0.15) is 0 Å². The standard InChI is InChI=1S/C16H21NO4/c1-10(11-3-5-14(21-2)6-4-11)7-15(18)17-13-8-12(9-13)16(19)20/h3-6,10,12-13H,7-9H2,1-2H3,(H,17,18)(H,19,20). The number of carbonyl (C=O) groups excluding carboxylic acids is 1. The van der Waals surface area contributed by atoms with Gasteiger partial charge in [0.2, 0.25) is 5.91 Å². The third-order valence-electron chi connectivity index (χ3n) is 4.03. The van der Waals surface area contributed by atoms with Crippen LogP contribution in [0.2, 0.25) is 0 Å². The van der Waals surface area contributed by atoms with Gasteiger partial charge in [0.15, 0.2) is 0 Å². The molecule has 1 saturated carbocycles. The van der Waals surface area contributed by atoms with E-state index in [1.165, 1.54) is 0 Å². The first-order valence-electron chi connectivity index (χ1n) is 7.15. The number of benzene rings is 1. The van der Waals surface area contributed by atoms with E-state index in [1.807, 2.05) is 31.2 Å². The first kappa shape index (κ1) is 15.4. The van der Waals surface area contributed by atoms with E-state index < -0.39 is 5.97 Å². The molecule has 0 aromatic heterocycles. The van der Waals surface area contributed by atoms with Gasteiger partial charge < -0.3 is 15.2 Å². The molecule has 0 aliphatic heterocycles. The number of carbonyl (C=O) groups is 2. The molecule has 21 heavy (non-hydrogen) atoms. The number of hydrogen-bond acceptors (Lipinski definition) is 3. The molecule has 1 aromatic rings. The Hall–Kier alpha value is -2.04. The highest BCUT2D eigenvalue weighted by molar-refractivity contribution is 5.78. The molecule has 2 N–H and O–H groups in total. The van der Waals surface area contributed by atoms with E-state index in [1.54, 1.807) is 7.11 Å². The van der Waals surface area contributed by atoms with Crippen LogP contribution >= 0.6 is 0 Å². The zero-order chi connectivity index (χ0) is 15.4. The largest absolute Gasteiger partial charge is 0.497 e. The molecule has 0 bridgehead atoms. The number of aliphatic carboxylic acids is 1. The van der Waals surface area contributed by atoms with Crippen LogP contribution in [0, 0.1) is 5.92 Å². The highest BCUT2D eigenvalue weighted by Crippen LogP contribution is 2.28. The molecule has 5 nitrogen and oxygen atoms in total. The molecule has 2 rings (SSSR count). The lowest BCUT2D eigenvalue weighted by molar-refractivity contribution is -0.146. The fraction of sp³-hybridized carbons (Fsp3) is 0.500. The van der Waals surface area contributed by atoms with Crippen molar-refractivity contribution in [1.82, 2.24) is 5.32 Å². The Kier molecular flexibility index (Phi) is 4.83. The fourth-order valence-corrected chi connectivity index (χ4v) is 2.55. The zero-order valence-electron chi connectivity index (χ0n) is 12.3. The van der Waals surface area contributed by atoms with Gasteiger partial charge in [0.25, 0.3) is 0 Å². The minimum absolute atomic E-state index is 0.0154. The van der Waals surface area contributed by atoms with Crippen molar-refractivity contribution in [1.29, 1.82) is 0 Å². The summed E-state index contributed by atoms with van der Waals surface area (Å²) in [6.07, 6.45) is 1.48. The summed E-state index contributed by atoms with van der Waals surface area (Å²) in [4.78, 5) is 22.7. The van der Waals surface area contributed by atoms with Crippen LogP contribution in [0.3, 0.4) is 0 Å². The second-order valence-corrected chi connectivity index (χ2v) is 5.65. The van der Waals surface area contributed by atoms with Crippen molar-refractivity contribution in [3.63, 3.8) is 0 Å². The normalized spacial score (nSPS) is 22.0. The van der Waals surface area contributed by atoms with Crippen LogP contribution in [0.4, 0.5) is 0 Å². The summed E-state index contributed by atoms with van der Waals surface area (Å²) in [6.45, 7) is 2.00. The summed E-state index contributed by atoms with van der Waals surface area (Å²) in [5.41, 5.74) is 1.09. The summed E-state index contributed by atoms with van der Waals surface area (Å²) >= 11 is 0. The molecule has 1 aromatic carbocycles. The van der Waals surface area contributed by atoms with Crippen molar-refractivity contribution in [2.24, 2.45) is 5.92 Å². The van der Waals surface area contributed by atoms with Crippen LogP contribution in [-0.4, -0.2) is 30.1 Å². The van der Waals surface area contributed by atoms with Gasteiger partial charge in [-0.1, -0.05) is 19.1 Å². The van der Waals surface area contributed by atoms with Crippen LogP contribution in [0.1, 0.15) is 37.7 Å². The van der Waals surface area contributed by atoms with E-state index in [0.717, 1.165) is 11.3 Å². The highest BCUT2D eigenvalue weighted by atomic mass is 16.5. The number of carboxylic acids is 1. The minimum Gasteiger partial charge on any atom is -0.497 e. The van der Waals surface area contributed by atoms with Crippen molar-refractivity contribution in [3.8, 4) is 5.75 Å². The molecule has 0 heterocycles. The first-order chi connectivity index (χ1) is 9.99. The molecular weight excluding hydrogens is 270 g/mol. The van der Waals surface area contributed by atoms with Crippen molar-refractivity contribution in [2.45, 2.75) is 38.1 Å². The Morgan fingerprint density at radius 2 is 1.95 bits per heavy atom. The van der Waals surface area contributed by atoms with Gasteiger partial charge in [0.1, 0.15) is 5.75 Å². The van der Waals surface area contributed by atoms with Crippen LogP contribution in [0.5, 0.6) is 5.75 Å². The van der Waals surface area contributed by atoms with E-state index in [2.05, 4.69) is 5.32 Å². The van der Waals surface area contributed by atoms with Crippen LogP contribution in [0.15, 0.2) is 24.3 Å². The molecule has 1 fully saturated rings. The number of ether oxygens (including phenoxy) is 1. The molecule has 1 atom stereocenters. The fourth-order valence-electron chi connectivity index (χ4n) is 2.55. The maximum absolute atomic E-state index is 11.9. The average Bonchev–Trinajstić information content (AvgIpc) is 2.42. The number of methoxy groups -OCH3 is 1. The van der Waals surface area contributed by atoms with E-state index in [4.69, 9.17) is 9.84 Å². The topological polar surface area (TPSA) is 75.6 Å². The van der Waals surface area contributed by atoms with Crippen LogP contribution < -0.4 is 10.1 Å². The van der Waals surface area contributed by atoms with Crippen LogP contribution in [0.25, 0.3) is 0 Å². The molecule has 1 amide bonds. The molecule has 1 unspecified atom stereocenters.